The second-order valence-corrected chi connectivity index (χ2v) is 4.31. The Morgan fingerprint density at radius 3 is 2.50 bits per heavy atom. The van der Waals surface area contributed by atoms with Gasteiger partial charge in [0.1, 0.15) is 5.78 Å². The molecular weight excluding hydrogens is 124 g/mol. The molecule has 2 bridgehead atoms. The Labute approximate surface area is 61.8 Å². The molecule has 3 aliphatic carbocycles. The normalized spacial score (nSPS) is 42.8. The highest BCUT2D eigenvalue weighted by Crippen LogP contribution is 2.57. The van der Waals surface area contributed by atoms with Crippen LogP contribution < -0.4 is 0 Å². The summed E-state index contributed by atoms with van der Waals surface area (Å²) in [5, 5.41) is 0. The molecule has 0 unspecified atom stereocenters. The van der Waals surface area contributed by atoms with Crippen LogP contribution in [-0.2, 0) is 4.79 Å². The molecule has 3 fully saturated rings. The average molecular weight is 138 g/mol. The molecule has 0 amide bonds. The topological polar surface area (TPSA) is 17.1 Å². The first-order valence-electron chi connectivity index (χ1n) is 4.15. The van der Waals surface area contributed by atoms with Gasteiger partial charge in [-0.2, -0.15) is 0 Å². The van der Waals surface area contributed by atoms with E-state index >= 15 is 0 Å². The largest absolute Gasteiger partial charge is 0.299 e. The van der Waals surface area contributed by atoms with Crippen molar-refractivity contribution in [2.75, 3.05) is 0 Å². The van der Waals surface area contributed by atoms with Gasteiger partial charge in [0.2, 0.25) is 0 Å². The van der Waals surface area contributed by atoms with Gasteiger partial charge in [-0.25, -0.2) is 0 Å². The number of rotatable bonds is 0. The van der Waals surface area contributed by atoms with Crippen LogP contribution in [0.5, 0.6) is 0 Å². The van der Waals surface area contributed by atoms with Crippen molar-refractivity contribution < 1.29 is 4.79 Å². The summed E-state index contributed by atoms with van der Waals surface area (Å²) in [6.07, 6.45) is 3.20. The predicted octanol–water partition coefficient (Wildman–Crippen LogP) is 2.01. The molecule has 0 heterocycles. The summed E-state index contributed by atoms with van der Waals surface area (Å²) in [5.41, 5.74) is 0.356. The van der Waals surface area contributed by atoms with E-state index in [2.05, 4.69) is 13.8 Å². The molecule has 0 radical (unpaired) electrons. The second kappa shape index (κ2) is 1.63. The van der Waals surface area contributed by atoms with Crippen LogP contribution in [0.2, 0.25) is 0 Å². The third kappa shape index (κ3) is 0.561. The first-order valence-corrected chi connectivity index (χ1v) is 4.15. The molecule has 1 heteroatoms. The van der Waals surface area contributed by atoms with E-state index in [1.54, 1.807) is 0 Å². The van der Waals surface area contributed by atoms with Gasteiger partial charge in [0.25, 0.3) is 0 Å². The van der Waals surface area contributed by atoms with E-state index in [4.69, 9.17) is 0 Å². The SMILES string of the molecule is CC1(C)[C@@H]2CCC(=O)[C@@H]1C2. The van der Waals surface area contributed by atoms with Crippen LogP contribution in [0.4, 0.5) is 0 Å². The molecule has 1 nitrogen and oxygen atoms in total. The lowest BCUT2D eigenvalue weighted by Crippen LogP contribution is -2.52. The lowest BCUT2D eigenvalue weighted by Gasteiger charge is -2.55. The minimum absolute atomic E-state index is 0.356. The van der Waals surface area contributed by atoms with E-state index in [0.717, 1.165) is 18.8 Å². The van der Waals surface area contributed by atoms with Gasteiger partial charge in [0, 0.05) is 12.3 Å². The molecule has 10 heavy (non-hydrogen) atoms. The fraction of sp³-hybridized carbons (Fsp3) is 0.889. The number of carbonyl (C=O) groups excluding carboxylic acids is 1. The van der Waals surface area contributed by atoms with Crippen LogP contribution in [-0.4, -0.2) is 5.78 Å². The number of carbonyl (C=O) groups is 1. The zero-order chi connectivity index (χ0) is 7.35. The quantitative estimate of drug-likeness (QED) is 0.500. The summed E-state index contributed by atoms with van der Waals surface area (Å²) in [6.45, 7) is 4.48. The first-order chi connectivity index (χ1) is 4.62. The van der Waals surface area contributed by atoms with Gasteiger partial charge < -0.3 is 0 Å². The highest BCUT2D eigenvalue weighted by molar-refractivity contribution is 5.84. The maximum atomic E-state index is 11.2. The van der Waals surface area contributed by atoms with Crippen LogP contribution in [0, 0.1) is 17.3 Å². The van der Waals surface area contributed by atoms with Gasteiger partial charge in [-0.3, -0.25) is 4.79 Å². The van der Waals surface area contributed by atoms with E-state index in [-0.39, 0.29) is 0 Å². The second-order valence-electron chi connectivity index (χ2n) is 4.31. The van der Waals surface area contributed by atoms with Crippen molar-refractivity contribution in [2.24, 2.45) is 17.3 Å². The van der Waals surface area contributed by atoms with E-state index in [1.807, 2.05) is 0 Å². The zero-order valence-electron chi connectivity index (χ0n) is 6.68. The molecule has 0 N–H and O–H groups in total. The Morgan fingerprint density at radius 1 is 1.50 bits per heavy atom. The van der Waals surface area contributed by atoms with Gasteiger partial charge in [-0.1, -0.05) is 13.8 Å². The number of hydrogen-bond donors (Lipinski definition) is 0. The highest BCUT2D eigenvalue weighted by Gasteiger charge is 2.53. The van der Waals surface area contributed by atoms with Crippen LogP contribution in [0.15, 0.2) is 0 Å². The van der Waals surface area contributed by atoms with E-state index < -0.39 is 0 Å². The van der Waals surface area contributed by atoms with Crippen molar-refractivity contribution in [1.82, 2.24) is 0 Å². The molecule has 0 aromatic rings. The van der Waals surface area contributed by atoms with Crippen molar-refractivity contribution in [3.05, 3.63) is 0 Å². The van der Waals surface area contributed by atoms with E-state index in [1.165, 1.54) is 6.42 Å². The van der Waals surface area contributed by atoms with Crippen molar-refractivity contribution in [2.45, 2.75) is 33.1 Å². The molecule has 0 spiro atoms. The average Bonchev–Trinajstić information content (AvgIpc) is 1.87. The lowest BCUT2D eigenvalue weighted by molar-refractivity contribution is -0.148. The highest BCUT2D eigenvalue weighted by atomic mass is 16.1. The molecule has 0 aromatic heterocycles. The third-order valence-electron chi connectivity index (χ3n) is 3.60. The van der Waals surface area contributed by atoms with Crippen molar-refractivity contribution >= 4 is 5.78 Å². The fourth-order valence-corrected chi connectivity index (χ4v) is 2.54. The molecule has 0 saturated heterocycles. The van der Waals surface area contributed by atoms with Gasteiger partial charge in [0.05, 0.1) is 0 Å². The Kier molecular flexibility index (Phi) is 1.04. The van der Waals surface area contributed by atoms with E-state index in [9.17, 15) is 4.79 Å². The number of ketones is 1. The minimum atomic E-state index is 0.356. The van der Waals surface area contributed by atoms with Gasteiger partial charge in [-0.15, -0.1) is 0 Å². The summed E-state index contributed by atoms with van der Waals surface area (Å²) >= 11 is 0. The summed E-state index contributed by atoms with van der Waals surface area (Å²) in [5.74, 6) is 1.80. The monoisotopic (exact) mass is 138 g/mol. The Morgan fingerprint density at radius 2 is 2.20 bits per heavy atom. The van der Waals surface area contributed by atoms with Crippen LogP contribution in [0.3, 0.4) is 0 Å². The number of hydrogen-bond acceptors (Lipinski definition) is 1. The molecule has 2 atom stereocenters. The number of Topliss-reactive ketones (excluding diaryl/α,β-unsaturated/α-hetero) is 1. The number of fused-ring (bicyclic) bond motifs is 2. The summed E-state index contributed by atoms with van der Waals surface area (Å²) < 4.78 is 0. The van der Waals surface area contributed by atoms with Gasteiger partial charge in [-0.05, 0) is 24.2 Å². The Balaban J connectivity index is 2.23. The molecule has 56 valence electrons. The molecule has 0 aromatic carbocycles. The van der Waals surface area contributed by atoms with Crippen molar-refractivity contribution in [3.63, 3.8) is 0 Å². The molecule has 3 rings (SSSR count). The molecular formula is C9H14O. The summed E-state index contributed by atoms with van der Waals surface area (Å²) in [7, 11) is 0. The first kappa shape index (κ1) is 6.38. The van der Waals surface area contributed by atoms with Crippen molar-refractivity contribution in [1.29, 1.82) is 0 Å². The van der Waals surface area contributed by atoms with E-state index in [0.29, 0.717) is 17.1 Å². The van der Waals surface area contributed by atoms with Crippen LogP contribution >= 0.6 is 0 Å². The van der Waals surface area contributed by atoms with Crippen molar-refractivity contribution in [3.8, 4) is 0 Å². The molecule has 3 saturated carbocycles. The smallest absolute Gasteiger partial charge is 0.136 e. The zero-order valence-corrected chi connectivity index (χ0v) is 6.68. The Bertz CT molecular complexity index is 179. The maximum Gasteiger partial charge on any atom is 0.136 e. The summed E-state index contributed by atoms with van der Waals surface area (Å²) in [6, 6.07) is 0. The fourth-order valence-electron chi connectivity index (χ4n) is 2.54. The standard InChI is InChI=1S/C9H14O/c1-9(2)6-3-4-8(10)7(9)5-6/h6-7H,3-5H2,1-2H3/t6-,7+/m1/s1. The van der Waals surface area contributed by atoms with Gasteiger partial charge in [0.15, 0.2) is 0 Å². The predicted molar refractivity (Wildman–Crippen MR) is 39.6 cm³/mol. The lowest BCUT2D eigenvalue weighted by atomic mass is 9.48. The van der Waals surface area contributed by atoms with Crippen LogP contribution in [0.1, 0.15) is 33.1 Å². The third-order valence-corrected chi connectivity index (χ3v) is 3.60. The molecule has 3 aliphatic rings. The maximum absolute atomic E-state index is 11.2. The molecule has 0 aliphatic heterocycles. The Hall–Kier alpha value is -0.330. The summed E-state index contributed by atoms with van der Waals surface area (Å²) in [4.78, 5) is 11.2. The minimum Gasteiger partial charge on any atom is -0.299 e. The van der Waals surface area contributed by atoms with Gasteiger partial charge >= 0.3 is 0 Å². The van der Waals surface area contributed by atoms with Crippen LogP contribution in [0.25, 0.3) is 0 Å².